The number of aryl methyl sites for hydroxylation is 1. The average Bonchev–Trinajstić information content (AvgIpc) is 2.38. The normalized spacial score (nSPS) is 15.4. The van der Waals surface area contributed by atoms with Crippen LogP contribution in [0.4, 0.5) is 0 Å². The molecule has 0 saturated carbocycles. The van der Waals surface area contributed by atoms with Crippen LogP contribution in [-0.2, 0) is 4.79 Å². The molecule has 1 rings (SSSR count). The van der Waals surface area contributed by atoms with Crippen LogP contribution in [0.1, 0.15) is 57.2 Å². The minimum Gasteiger partial charge on any atom is -0.349 e. The van der Waals surface area contributed by atoms with E-state index >= 15 is 0 Å². The number of rotatable bonds is 7. The Labute approximate surface area is 122 Å². The van der Waals surface area contributed by atoms with Gasteiger partial charge in [0.05, 0.1) is 6.04 Å². The van der Waals surface area contributed by atoms with Crippen LogP contribution in [0.5, 0.6) is 0 Å². The maximum absolute atomic E-state index is 12.1. The summed E-state index contributed by atoms with van der Waals surface area (Å²) in [6.07, 6.45) is 2.88. The molecule has 1 aromatic carbocycles. The molecule has 2 unspecified atom stereocenters. The summed E-state index contributed by atoms with van der Waals surface area (Å²) < 4.78 is 0. The summed E-state index contributed by atoms with van der Waals surface area (Å²) in [7, 11) is 0. The van der Waals surface area contributed by atoms with E-state index in [1.54, 1.807) is 0 Å². The van der Waals surface area contributed by atoms with E-state index in [-0.39, 0.29) is 23.9 Å². The highest BCUT2D eigenvalue weighted by Gasteiger charge is 2.15. The molecule has 0 bridgehead atoms. The second kappa shape index (κ2) is 8.05. The van der Waals surface area contributed by atoms with Gasteiger partial charge in [-0.25, -0.2) is 0 Å². The van der Waals surface area contributed by atoms with Gasteiger partial charge >= 0.3 is 0 Å². The fourth-order valence-electron chi connectivity index (χ4n) is 2.17. The summed E-state index contributed by atoms with van der Waals surface area (Å²) in [5.41, 5.74) is 8.10. The van der Waals surface area contributed by atoms with Crippen molar-refractivity contribution in [3.63, 3.8) is 0 Å². The topological polar surface area (TPSA) is 55.1 Å². The van der Waals surface area contributed by atoms with E-state index in [0.29, 0.717) is 0 Å². The lowest BCUT2D eigenvalue weighted by atomic mass is 10.00. The Morgan fingerprint density at radius 2 is 1.75 bits per heavy atom. The van der Waals surface area contributed by atoms with Crippen molar-refractivity contribution in [1.82, 2.24) is 5.32 Å². The second-order valence-corrected chi connectivity index (χ2v) is 5.95. The van der Waals surface area contributed by atoms with Crippen LogP contribution < -0.4 is 11.1 Å². The number of carbonyl (C=O) groups is 1. The number of carbonyl (C=O) groups excluding carboxylic acids is 1. The third-order valence-corrected chi connectivity index (χ3v) is 3.68. The molecule has 20 heavy (non-hydrogen) atoms. The van der Waals surface area contributed by atoms with Crippen molar-refractivity contribution in [3.05, 3.63) is 35.4 Å². The molecule has 3 N–H and O–H groups in total. The summed E-state index contributed by atoms with van der Waals surface area (Å²) in [6, 6.07) is 8.56. The highest BCUT2D eigenvalue weighted by molar-refractivity contribution is 5.78. The van der Waals surface area contributed by atoms with E-state index in [2.05, 4.69) is 36.5 Å². The van der Waals surface area contributed by atoms with E-state index in [1.165, 1.54) is 5.56 Å². The Balaban J connectivity index is 2.42. The molecular weight excluding hydrogens is 248 g/mol. The van der Waals surface area contributed by atoms with Gasteiger partial charge in [0, 0.05) is 12.0 Å². The standard InChI is InChI=1S/C17H28N2O/c1-12-8-10-16(11-9-12)15(4)19-17(20)13(2)6-5-7-14(3)18/h8-11,13-15H,5-7,18H2,1-4H3,(H,19,20)/t13?,14?,15-/m1/s1. The zero-order valence-electron chi connectivity index (χ0n) is 13.1. The molecule has 0 saturated heterocycles. The Bertz CT molecular complexity index is 412. The minimum absolute atomic E-state index is 0.0432. The molecule has 3 nitrogen and oxygen atoms in total. The Morgan fingerprint density at radius 1 is 1.15 bits per heavy atom. The lowest BCUT2D eigenvalue weighted by Crippen LogP contribution is -2.31. The smallest absolute Gasteiger partial charge is 0.223 e. The van der Waals surface area contributed by atoms with Crippen molar-refractivity contribution in [2.45, 2.75) is 59.0 Å². The van der Waals surface area contributed by atoms with Crippen LogP contribution in [0.2, 0.25) is 0 Å². The number of benzene rings is 1. The predicted octanol–water partition coefficient (Wildman–Crippen LogP) is 3.33. The van der Waals surface area contributed by atoms with E-state index in [4.69, 9.17) is 5.73 Å². The van der Waals surface area contributed by atoms with E-state index in [9.17, 15) is 4.79 Å². The van der Waals surface area contributed by atoms with E-state index in [1.807, 2.05) is 20.8 Å². The molecule has 0 aliphatic rings. The minimum atomic E-state index is 0.0432. The monoisotopic (exact) mass is 276 g/mol. The van der Waals surface area contributed by atoms with Gasteiger partial charge in [-0.2, -0.15) is 0 Å². The first kappa shape index (κ1) is 16.7. The quantitative estimate of drug-likeness (QED) is 0.802. The van der Waals surface area contributed by atoms with Crippen molar-refractivity contribution in [1.29, 1.82) is 0 Å². The van der Waals surface area contributed by atoms with Gasteiger partial charge in [0.1, 0.15) is 0 Å². The SMILES string of the molecule is Cc1ccc([C@@H](C)NC(=O)C(C)CCCC(C)N)cc1. The van der Waals surface area contributed by atoms with Crippen LogP contribution in [0, 0.1) is 12.8 Å². The zero-order chi connectivity index (χ0) is 15.1. The van der Waals surface area contributed by atoms with Gasteiger partial charge in [0.25, 0.3) is 0 Å². The molecule has 3 heteroatoms. The van der Waals surface area contributed by atoms with Crippen LogP contribution >= 0.6 is 0 Å². The van der Waals surface area contributed by atoms with Gasteiger partial charge < -0.3 is 11.1 Å². The molecule has 1 amide bonds. The Hall–Kier alpha value is -1.35. The lowest BCUT2D eigenvalue weighted by Gasteiger charge is -2.18. The summed E-state index contributed by atoms with van der Waals surface area (Å²) in [4.78, 5) is 12.1. The van der Waals surface area contributed by atoms with Crippen molar-refractivity contribution >= 4 is 5.91 Å². The van der Waals surface area contributed by atoms with Gasteiger partial charge in [-0.15, -0.1) is 0 Å². The van der Waals surface area contributed by atoms with Crippen molar-refractivity contribution in [2.75, 3.05) is 0 Å². The Kier molecular flexibility index (Phi) is 6.73. The first-order valence-corrected chi connectivity index (χ1v) is 7.52. The molecule has 0 spiro atoms. The Morgan fingerprint density at radius 3 is 2.30 bits per heavy atom. The molecule has 112 valence electrons. The lowest BCUT2D eigenvalue weighted by molar-refractivity contribution is -0.125. The summed E-state index contributed by atoms with van der Waals surface area (Å²) in [5, 5.41) is 3.08. The van der Waals surface area contributed by atoms with Gasteiger partial charge in [-0.1, -0.05) is 43.2 Å². The highest BCUT2D eigenvalue weighted by Crippen LogP contribution is 2.15. The van der Waals surface area contributed by atoms with E-state index in [0.717, 1.165) is 24.8 Å². The maximum atomic E-state index is 12.1. The fourth-order valence-corrected chi connectivity index (χ4v) is 2.17. The van der Waals surface area contributed by atoms with Crippen molar-refractivity contribution < 1.29 is 4.79 Å². The third kappa shape index (κ3) is 5.74. The number of amides is 1. The molecule has 0 heterocycles. The summed E-state index contributed by atoms with van der Waals surface area (Å²) in [5.74, 6) is 0.171. The largest absolute Gasteiger partial charge is 0.349 e. The molecule has 0 aliphatic carbocycles. The predicted molar refractivity (Wildman–Crippen MR) is 84.4 cm³/mol. The maximum Gasteiger partial charge on any atom is 0.223 e. The van der Waals surface area contributed by atoms with Crippen molar-refractivity contribution in [2.24, 2.45) is 11.7 Å². The molecule has 3 atom stereocenters. The first-order valence-electron chi connectivity index (χ1n) is 7.52. The molecular formula is C17H28N2O. The van der Waals surface area contributed by atoms with Gasteiger partial charge in [-0.3, -0.25) is 4.79 Å². The zero-order valence-corrected chi connectivity index (χ0v) is 13.1. The molecule has 0 radical (unpaired) electrons. The number of nitrogens with one attached hydrogen (secondary N) is 1. The summed E-state index contributed by atoms with van der Waals surface area (Å²) in [6.45, 7) is 8.08. The van der Waals surface area contributed by atoms with Crippen LogP contribution in [0.25, 0.3) is 0 Å². The average molecular weight is 276 g/mol. The van der Waals surface area contributed by atoms with E-state index < -0.39 is 0 Å². The third-order valence-electron chi connectivity index (χ3n) is 3.68. The van der Waals surface area contributed by atoms with Gasteiger partial charge in [-0.05, 0) is 39.2 Å². The fraction of sp³-hybridized carbons (Fsp3) is 0.588. The van der Waals surface area contributed by atoms with Crippen molar-refractivity contribution in [3.8, 4) is 0 Å². The van der Waals surface area contributed by atoms with Crippen LogP contribution in [0.3, 0.4) is 0 Å². The molecule has 0 aromatic heterocycles. The van der Waals surface area contributed by atoms with Crippen LogP contribution in [0.15, 0.2) is 24.3 Å². The van der Waals surface area contributed by atoms with Crippen LogP contribution in [-0.4, -0.2) is 11.9 Å². The molecule has 0 fully saturated rings. The molecule has 0 aliphatic heterocycles. The molecule has 1 aromatic rings. The number of hydrogen-bond acceptors (Lipinski definition) is 2. The van der Waals surface area contributed by atoms with Gasteiger partial charge in [0.2, 0.25) is 5.91 Å². The highest BCUT2D eigenvalue weighted by atomic mass is 16.1. The van der Waals surface area contributed by atoms with Gasteiger partial charge in [0.15, 0.2) is 0 Å². The summed E-state index contributed by atoms with van der Waals surface area (Å²) >= 11 is 0. The number of hydrogen-bond donors (Lipinski definition) is 2. The number of nitrogens with two attached hydrogens (primary N) is 1. The first-order chi connectivity index (χ1) is 9.40. The second-order valence-electron chi connectivity index (χ2n) is 5.95.